The largest absolute Gasteiger partial charge is 0.481 e. The van der Waals surface area contributed by atoms with Crippen LogP contribution in [0.15, 0.2) is 29.2 Å². The van der Waals surface area contributed by atoms with Crippen molar-refractivity contribution in [1.29, 1.82) is 0 Å². The molecule has 2 rings (SSSR count). The zero-order chi connectivity index (χ0) is 17.4. The SMILES string of the molecule is CC1CC(C(=O)O)CCN1S(=O)(=O)c1ccccc1C(F)(F)F. The quantitative estimate of drug-likeness (QED) is 0.908. The second-order valence-electron chi connectivity index (χ2n) is 5.52. The molecule has 128 valence electrons. The Balaban J connectivity index is 2.39. The summed E-state index contributed by atoms with van der Waals surface area (Å²) in [7, 11) is -4.35. The van der Waals surface area contributed by atoms with Crippen molar-refractivity contribution in [3.63, 3.8) is 0 Å². The summed E-state index contributed by atoms with van der Waals surface area (Å²) in [6.07, 6.45) is -4.64. The lowest BCUT2D eigenvalue weighted by atomic mass is 9.93. The molecule has 0 amide bonds. The van der Waals surface area contributed by atoms with Gasteiger partial charge in [-0.2, -0.15) is 17.5 Å². The van der Waals surface area contributed by atoms with Gasteiger partial charge in [0.25, 0.3) is 0 Å². The summed E-state index contributed by atoms with van der Waals surface area (Å²) in [6.45, 7) is 1.38. The van der Waals surface area contributed by atoms with Crippen LogP contribution in [0.25, 0.3) is 0 Å². The number of nitrogens with zero attached hydrogens (tertiary/aromatic N) is 1. The first kappa shape index (κ1) is 17.7. The summed E-state index contributed by atoms with van der Waals surface area (Å²) in [5.41, 5.74) is -1.22. The second kappa shape index (κ2) is 6.12. The number of hydrogen-bond donors (Lipinski definition) is 1. The molecule has 1 saturated heterocycles. The van der Waals surface area contributed by atoms with Crippen LogP contribution in [0.4, 0.5) is 13.2 Å². The maximum Gasteiger partial charge on any atom is 0.417 e. The van der Waals surface area contributed by atoms with Gasteiger partial charge in [0.1, 0.15) is 0 Å². The van der Waals surface area contributed by atoms with E-state index in [9.17, 15) is 26.4 Å². The number of aliphatic carboxylic acids is 1. The molecule has 0 radical (unpaired) electrons. The Morgan fingerprint density at radius 3 is 2.43 bits per heavy atom. The van der Waals surface area contributed by atoms with E-state index in [1.165, 1.54) is 13.0 Å². The van der Waals surface area contributed by atoms with Crippen molar-refractivity contribution in [1.82, 2.24) is 4.31 Å². The summed E-state index contributed by atoms with van der Waals surface area (Å²) in [5, 5.41) is 9.00. The lowest BCUT2D eigenvalue weighted by Crippen LogP contribution is -2.46. The normalized spacial score (nSPS) is 23.7. The van der Waals surface area contributed by atoms with Crippen molar-refractivity contribution >= 4 is 16.0 Å². The van der Waals surface area contributed by atoms with Crippen molar-refractivity contribution in [2.45, 2.75) is 36.9 Å². The summed E-state index contributed by atoms with van der Waals surface area (Å²) in [5.74, 6) is -1.71. The van der Waals surface area contributed by atoms with Crippen LogP contribution in [0, 0.1) is 5.92 Å². The minimum absolute atomic E-state index is 0.0722. The highest BCUT2D eigenvalue weighted by molar-refractivity contribution is 7.89. The molecule has 1 N–H and O–H groups in total. The number of benzene rings is 1. The molecule has 0 aromatic heterocycles. The summed E-state index contributed by atoms with van der Waals surface area (Å²) < 4.78 is 65.3. The van der Waals surface area contributed by atoms with E-state index in [0.717, 1.165) is 22.5 Å². The van der Waals surface area contributed by atoms with Gasteiger partial charge in [0, 0.05) is 12.6 Å². The van der Waals surface area contributed by atoms with Crippen LogP contribution in [0.2, 0.25) is 0 Å². The van der Waals surface area contributed by atoms with Crippen LogP contribution in [-0.4, -0.2) is 36.4 Å². The highest BCUT2D eigenvalue weighted by Crippen LogP contribution is 2.37. The van der Waals surface area contributed by atoms with Gasteiger partial charge >= 0.3 is 12.1 Å². The van der Waals surface area contributed by atoms with Crippen molar-refractivity contribution in [2.24, 2.45) is 5.92 Å². The summed E-state index contributed by atoms with van der Waals surface area (Å²) in [4.78, 5) is 10.2. The van der Waals surface area contributed by atoms with Crippen LogP contribution in [-0.2, 0) is 21.0 Å². The molecule has 0 bridgehead atoms. The molecular formula is C14H16F3NO4S. The standard InChI is InChI=1S/C14H16F3NO4S/c1-9-8-10(13(19)20)6-7-18(9)23(21,22)12-5-3-2-4-11(12)14(15,16)17/h2-5,9-10H,6-8H2,1H3,(H,19,20). The molecule has 1 heterocycles. The van der Waals surface area contributed by atoms with Gasteiger partial charge in [0.2, 0.25) is 10.0 Å². The fourth-order valence-corrected chi connectivity index (χ4v) is 4.65. The molecule has 1 fully saturated rings. The van der Waals surface area contributed by atoms with Crippen molar-refractivity contribution in [3.8, 4) is 0 Å². The van der Waals surface area contributed by atoms with Crippen LogP contribution >= 0.6 is 0 Å². The van der Waals surface area contributed by atoms with Crippen molar-refractivity contribution < 1.29 is 31.5 Å². The molecule has 1 aromatic carbocycles. The Morgan fingerprint density at radius 2 is 1.91 bits per heavy atom. The summed E-state index contributed by atoms with van der Waals surface area (Å²) in [6, 6.07) is 3.32. The van der Waals surface area contributed by atoms with Gasteiger partial charge in [0.15, 0.2) is 0 Å². The number of halogens is 3. The number of carbonyl (C=O) groups is 1. The number of alkyl halides is 3. The molecular weight excluding hydrogens is 335 g/mol. The van der Waals surface area contributed by atoms with Crippen molar-refractivity contribution in [2.75, 3.05) is 6.54 Å². The average Bonchev–Trinajstić information content (AvgIpc) is 2.46. The molecule has 1 aromatic rings. The molecule has 5 nitrogen and oxygen atoms in total. The fraction of sp³-hybridized carbons (Fsp3) is 0.500. The van der Waals surface area contributed by atoms with Crippen LogP contribution < -0.4 is 0 Å². The molecule has 9 heteroatoms. The van der Waals surface area contributed by atoms with E-state index in [1.807, 2.05) is 0 Å². The molecule has 1 aliphatic heterocycles. The molecule has 23 heavy (non-hydrogen) atoms. The first-order valence-electron chi connectivity index (χ1n) is 6.96. The van der Waals surface area contributed by atoms with E-state index in [-0.39, 0.29) is 19.4 Å². The van der Waals surface area contributed by atoms with E-state index >= 15 is 0 Å². The Labute approximate surface area is 131 Å². The maximum absolute atomic E-state index is 13.1. The first-order valence-corrected chi connectivity index (χ1v) is 8.40. The van der Waals surface area contributed by atoms with Crippen LogP contribution in [0.3, 0.4) is 0 Å². The Kier molecular flexibility index (Phi) is 4.72. The Hall–Kier alpha value is -1.61. The second-order valence-corrected chi connectivity index (χ2v) is 7.38. The Bertz CT molecular complexity index is 702. The van der Waals surface area contributed by atoms with E-state index in [1.54, 1.807) is 0 Å². The lowest BCUT2D eigenvalue weighted by molar-refractivity contribution is -0.143. The van der Waals surface area contributed by atoms with E-state index < -0.39 is 44.6 Å². The van der Waals surface area contributed by atoms with Gasteiger partial charge in [-0.25, -0.2) is 8.42 Å². The highest BCUT2D eigenvalue weighted by Gasteiger charge is 2.42. The third-order valence-electron chi connectivity index (χ3n) is 3.94. The fourth-order valence-electron chi connectivity index (χ4n) is 2.78. The van der Waals surface area contributed by atoms with Crippen LogP contribution in [0.1, 0.15) is 25.3 Å². The minimum atomic E-state index is -4.79. The smallest absolute Gasteiger partial charge is 0.417 e. The number of hydrogen-bond acceptors (Lipinski definition) is 3. The Morgan fingerprint density at radius 1 is 1.30 bits per heavy atom. The predicted octanol–water partition coefficient (Wildman–Crippen LogP) is 2.58. The topological polar surface area (TPSA) is 74.7 Å². The van der Waals surface area contributed by atoms with Gasteiger partial charge in [-0.3, -0.25) is 4.79 Å². The number of piperidine rings is 1. The van der Waals surface area contributed by atoms with Crippen LogP contribution in [0.5, 0.6) is 0 Å². The lowest BCUT2D eigenvalue weighted by Gasteiger charge is -2.35. The molecule has 0 saturated carbocycles. The third-order valence-corrected chi connectivity index (χ3v) is 6.02. The van der Waals surface area contributed by atoms with E-state index in [2.05, 4.69) is 0 Å². The van der Waals surface area contributed by atoms with E-state index in [4.69, 9.17) is 5.11 Å². The zero-order valence-corrected chi connectivity index (χ0v) is 13.1. The monoisotopic (exact) mass is 351 g/mol. The molecule has 1 aliphatic rings. The number of sulfonamides is 1. The van der Waals surface area contributed by atoms with Gasteiger partial charge < -0.3 is 5.11 Å². The average molecular weight is 351 g/mol. The van der Waals surface area contributed by atoms with Gasteiger partial charge in [-0.05, 0) is 31.9 Å². The number of carboxylic acids is 1. The van der Waals surface area contributed by atoms with Gasteiger partial charge in [-0.15, -0.1) is 0 Å². The minimum Gasteiger partial charge on any atom is -0.481 e. The van der Waals surface area contributed by atoms with Gasteiger partial charge in [0.05, 0.1) is 16.4 Å². The number of rotatable bonds is 3. The highest BCUT2D eigenvalue weighted by atomic mass is 32.2. The van der Waals surface area contributed by atoms with Gasteiger partial charge in [-0.1, -0.05) is 12.1 Å². The molecule has 0 aliphatic carbocycles. The molecule has 2 unspecified atom stereocenters. The van der Waals surface area contributed by atoms with E-state index in [0.29, 0.717) is 0 Å². The molecule has 2 atom stereocenters. The first-order chi connectivity index (χ1) is 10.5. The molecule has 0 spiro atoms. The zero-order valence-electron chi connectivity index (χ0n) is 12.2. The predicted molar refractivity (Wildman–Crippen MR) is 75.2 cm³/mol. The number of carboxylic acid groups (broad SMARTS) is 1. The van der Waals surface area contributed by atoms with Crippen molar-refractivity contribution in [3.05, 3.63) is 29.8 Å². The third kappa shape index (κ3) is 3.50. The summed E-state index contributed by atoms with van der Waals surface area (Å²) >= 11 is 0. The maximum atomic E-state index is 13.1.